The van der Waals surface area contributed by atoms with Crippen LogP contribution >= 0.6 is 34.8 Å². The van der Waals surface area contributed by atoms with Gasteiger partial charge in [0.05, 0.1) is 17.4 Å². The summed E-state index contributed by atoms with van der Waals surface area (Å²) < 4.78 is 0. The third-order valence-corrected chi connectivity index (χ3v) is 3.90. The second kappa shape index (κ2) is 6.66. The van der Waals surface area contributed by atoms with Crippen LogP contribution in [0.15, 0.2) is 30.3 Å². The van der Waals surface area contributed by atoms with E-state index in [4.69, 9.17) is 34.8 Å². The van der Waals surface area contributed by atoms with Crippen LogP contribution in [0.3, 0.4) is 0 Å². The highest BCUT2D eigenvalue weighted by Crippen LogP contribution is 2.31. The van der Waals surface area contributed by atoms with E-state index in [0.29, 0.717) is 15.2 Å². The minimum atomic E-state index is 0.0986. The molecule has 0 aliphatic heterocycles. The van der Waals surface area contributed by atoms with E-state index in [1.165, 1.54) is 0 Å². The summed E-state index contributed by atoms with van der Waals surface area (Å²) in [4.78, 5) is 4.24. The van der Waals surface area contributed by atoms with E-state index >= 15 is 0 Å². The van der Waals surface area contributed by atoms with Gasteiger partial charge >= 0.3 is 0 Å². The third-order valence-electron chi connectivity index (χ3n) is 3.13. The van der Waals surface area contributed by atoms with Crippen LogP contribution in [-0.4, -0.2) is 4.98 Å². The number of benzene rings is 1. The number of nitrogens with one attached hydrogen (secondary N) is 1. The molecule has 0 bridgehead atoms. The predicted octanol–water partition coefficient (Wildman–Crippen LogP) is 5.91. The smallest absolute Gasteiger partial charge is 0.129 e. The highest BCUT2D eigenvalue weighted by Gasteiger charge is 2.14. The van der Waals surface area contributed by atoms with Crippen molar-refractivity contribution in [1.29, 1.82) is 0 Å². The first kappa shape index (κ1) is 15.4. The predicted molar refractivity (Wildman–Crippen MR) is 87.1 cm³/mol. The van der Waals surface area contributed by atoms with Gasteiger partial charge in [-0.25, -0.2) is 4.98 Å². The molecule has 0 amide bonds. The number of anilines is 1. The van der Waals surface area contributed by atoms with Crippen LogP contribution in [0.1, 0.15) is 30.6 Å². The van der Waals surface area contributed by atoms with Crippen LogP contribution in [-0.2, 0) is 0 Å². The van der Waals surface area contributed by atoms with Crippen LogP contribution in [0, 0.1) is 6.92 Å². The van der Waals surface area contributed by atoms with E-state index in [9.17, 15) is 0 Å². The average Bonchev–Trinajstić information content (AvgIpc) is 2.39. The molecule has 0 saturated heterocycles. The number of halogens is 3. The van der Waals surface area contributed by atoms with E-state index in [1.807, 2.05) is 25.1 Å². The van der Waals surface area contributed by atoms with Gasteiger partial charge in [-0.2, -0.15) is 0 Å². The molecule has 2 nitrogen and oxygen atoms in total. The molecule has 1 unspecified atom stereocenters. The van der Waals surface area contributed by atoms with Crippen molar-refractivity contribution in [2.45, 2.75) is 26.3 Å². The Kier molecular flexibility index (Phi) is 5.14. The fraction of sp³-hybridized carbons (Fsp3) is 0.267. The standard InChI is InChI=1S/C15H15Cl3N2/c1-3-13(11-5-4-10(16)8-12(11)17)20-14-6-7-15(18)19-9(14)2/h4-8,13,20H,3H2,1-2H3. The number of hydrogen-bond donors (Lipinski definition) is 1. The molecule has 1 atom stereocenters. The van der Waals surface area contributed by atoms with Gasteiger partial charge in [0.25, 0.3) is 0 Å². The zero-order chi connectivity index (χ0) is 14.7. The normalized spacial score (nSPS) is 12.2. The van der Waals surface area contributed by atoms with E-state index in [0.717, 1.165) is 23.4 Å². The van der Waals surface area contributed by atoms with Crippen molar-refractivity contribution in [2.75, 3.05) is 5.32 Å². The van der Waals surface area contributed by atoms with E-state index in [-0.39, 0.29) is 6.04 Å². The molecule has 2 rings (SSSR count). The quantitative estimate of drug-likeness (QED) is 0.705. The molecule has 0 radical (unpaired) electrons. The van der Waals surface area contributed by atoms with Gasteiger partial charge in [-0.05, 0) is 43.2 Å². The van der Waals surface area contributed by atoms with Crippen molar-refractivity contribution in [3.8, 4) is 0 Å². The van der Waals surface area contributed by atoms with E-state index in [1.54, 1.807) is 12.1 Å². The summed E-state index contributed by atoms with van der Waals surface area (Å²) in [6.45, 7) is 4.02. The molecule has 20 heavy (non-hydrogen) atoms. The lowest BCUT2D eigenvalue weighted by Crippen LogP contribution is -2.11. The molecule has 2 aromatic rings. The molecule has 0 aliphatic rings. The molecule has 1 aromatic carbocycles. The fourth-order valence-electron chi connectivity index (χ4n) is 2.05. The topological polar surface area (TPSA) is 24.9 Å². The number of rotatable bonds is 4. The SMILES string of the molecule is CCC(Nc1ccc(Cl)nc1C)c1ccc(Cl)cc1Cl. The molecular formula is C15H15Cl3N2. The van der Waals surface area contributed by atoms with Crippen molar-refractivity contribution in [1.82, 2.24) is 4.98 Å². The number of aromatic nitrogens is 1. The minimum absolute atomic E-state index is 0.0986. The summed E-state index contributed by atoms with van der Waals surface area (Å²) in [7, 11) is 0. The van der Waals surface area contributed by atoms with Crippen LogP contribution in [0.5, 0.6) is 0 Å². The summed E-state index contributed by atoms with van der Waals surface area (Å²) in [6, 6.07) is 9.35. The first-order valence-corrected chi connectivity index (χ1v) is 7.49. The molecule has 5 heteroatoms. The molecule has 0 fully saturated rings. The molecule has 1 aromatic heterocycles. The van der Waals surface area contributed by atoms with Gasteiger partial charge in [0.15, 0.2) is 0 Å². The average molecular weight is 330 g/mol. The van der Waals surface area contributed by atoms with Crippen LogP contribution in [0.4, 0.5) is 5.69 Å². The molecular weight excluding hydrogens is 315 g/mol. The van der Waals surface area contributed by atoms with Crippen molar-refractivity contribution >= 4 is 40.5 Å². The van der Waals surface area contributed by atoms with Gasteiger partial charge in [-0.15, -0.1) is 0 Å². The number of aryl methyl sites for hydroxylation is 1. The Bertz CT molecular complexity index is 614. The van der Waals surface area contributed by atoms with Crippen molar-refractivity contribution in [2.24, 2.45) is 0 Å². The second-order valence-corrected chi connectivity index (χ2v) is 5.77. The van der Waals surface area contributed by atoms with Gasteiger partial charge < -0.3 is 5.32 Å². The molecule has 1 heterocycles. The van der Waals surface area contributed by atoms with Crippen molar-refractivity contribution in [3.05, 3.63) is 56.8 Å². The number of hydrogen-bond acceptors (Lipinski definition) is 2. The summed E-state index contributed by atoms with van der Waals surface area (Å²) >= 11 is 18.1. The maximum atomic E-state index is 6.27. The molecule has 106 valence electrons. The van der Waals surface area contributed by atoms with Crippen molar-refractivity contribution < 1.29 is 0 Å². The Morgan fingerprint density at radius 1 is 1.15 bits per heavy atom. The first-order chi connectivity index (χ1) is 9.51. The van der Waals surface area contributed by atoms with Gasteiger partial charge in [0.2, 0.25) is 0 Å². The largest absolute Gasteiger partial charge is 0.377 e. The lowest BCUT2D eigenvalue weighted by molar-refractivity contribution is 0.747. The fourth-order valence-corrected chi connectivity index (χ4v) is 2.78. The lowest BCUT2D eigenvalue weighted by atomic mass is 10.0. The van der Waals surface area contributed by atoms with Gasteiger partial charge in [0.1, 0.15) is 5.15 Å². The second-order valence-electron chi connectivity index (χ2n) is 4.54. The Labute approximate surface area is 134 Å². The van der Waals surface area contributed by atoms with Gasteiger partial charge in [0, 0.05) is 10.0 Å². The minimum Gasteiger partial charge on any atom is -0.377 e. The third kappa shape index (κ3) is 3.57. The molecule has 1 N–H and O–H groups in total. The first-order valence-electron chi connectivity index (χ1n) is 6.36. The summed E-state index contributed by atoms with van der Waals surface area (Å²) in [5, 5.41) is 5.24. The van der Waals surface area contributed by atoms with Crippen LogP contribution < -0.4 is 5.32 Å². The highest BCUT2D eigenvalue weighted by atomic mass is 35.5. The monoisotopic (exact) mass is 328 g/mol. The number of pyridine rings is 1. The van der Waals surface area contributed by atoms with E-state index in [2.05, 4.69) is 17.2 Å². The molecule has 0 saturated carbocycles. The maximum Gasteiger partial charge on any atom is 0.129 e. The summed E-state index contributed by atoms with van der Waals surface area (Å²) in [5.41, 5.74) is 2.83. The number of nitrogens with zero attached hydrogens (tertiary/aromatic N) is 1. The Balaban J connectivity index is 2.28. The van der Waals surface area contributed by atoms with Crippen LogP contribution in [0.25, 0.3) is 0 Å². The van der Waals surface area contributed by atoms with Crippen molar-refractivity contribution in [3.63, 3.8) is 0 Å². The summed E-state index contributed by atoms with van der Waals surface area (Å²) in [6.07, 6.45) is 0.892. The highest BCUT2D eigenvalue weighted by molar-refractivity contribution is 6.35. The molecule has 0 spiro atoms. The van der Waals surface area contributed by atoms with Crippen LogP contribution in [0.2, 0.25) is 15.2 Å². The Morgan fingerprint density at radius 2 is 1.90 bits per heavy atom. The van der Waals surface area contributed by atoms with E-state index < -0.39 is 0 Å². The molecule has 0 aliphatic carbocycles. The zero-order valence-electron chi connectivity index (χ0n) is 11.3. The van der Waals surface area contributed by atoms with Gasteiger partial charge in [-0.3, -0.25) is 0 Å². The summed E-state index contributed by atoms with van der Waals surface area (Å²) in [5.74, 6) is 0. The maximum absolute atomic E-state index is 6.27. The zero-order valence-corrected chi connectivity index (χ0v) is 13.5. The van der Waals surface area contributed by atoms with Gasteiger partial charge in [-0.1, -0.05) is 47.8 Å². The lowest BCUT2D eigenvalue weighted by Gasteiger charge is -2.21. The Hall–Kier alpha value is -0.960. The Morgan fingerprint density at radius 3 is 2.50 bits per heavy atom.